The molecule has 2 aliphatic rings. The third kappa shape index (κ3) is 5.08. The zero-order chi connectivity index (χ0) is 25.8. The van der Waals surface area contributed by atoms with Crippen LogP contribution in [0.4, 0.5) is 0 Å². The second-order valence-electron chi connectivity index (χ2n) is 10.3. The standard InChI is InChI=1S/C32H34N2O3/c1-2-3-13-29-33-32(20-18-25(19-21-32)24-9-5-4-6-10-24)31(37)34(29)22-23-14-16-26(17-15-23)27-11-7-8-12-28(27)30(35)36/h4-12,14-17,25H,2-3,13,18-22H2,1H3,(H,35,36). The van der Waals surface area contributed by atoms with Crippen molar-refractivity contribution in [3.63, 3.8) is 0 Å². The number of hydrogen-bond donors (Lipinski definition) is 1. The lowest BCUT2D eigenvalue weighted by atomic mass is 9.74. The maximum atomic E-state index is 13.9. The summed E-state index contributed by atoms with van der Waals surface area (Å²) < 4.78 is 0. The summed E-state index contributed by atoms with van der Waals surface area (Å²) >= 11 is 0. The van der Waals surface area contributed by atoms with Gasteiger partial charge >= 0.3 is 5.97 Å². The van der Waals surface area contributed by atoms with Crippen LogP contribution in [0.3, 0.4) is 0 Å². The molecule has 0 atom stereocenters. The van der Waals surface area contributed by atoms with Gasteiger partial charge in [0.1, 0.15) is 11.4 Å². The van der Waals surface area contributed by atoms with Crippen molar-refractivity contribution in [2.45, 2.75) is 69.9 Å². The summed E-state index contributed by atoms with van der Waals surface area (Å²) in [7, 11) is 0. The highest BCUT2D eigenvalue weighted by Gasteiger charge is 2.49. The number of rotatable bonds is 8. The van der Waals surface area contributed by atoms with Crippen LogP contribution in [0.1, 0.15) is 79.3 Å². The topological polar surface area (TPSA) is 70.0 Å². The summed E-state index contributed by atoms with van der Waals surface area (Å²) in [4.78, 5) is 32.5. The quantitative estimate of drug-likeness (QED) is 0.364. The first-order valence-electron chi connectivity index (χ1n) is 13.4. The van der Waals surface area contributed by atoms with Gasteiger partial charge in [-0.1, -0.05) is 86.1 Å². The van der Waals surface area contributed by atoms with Gasteiger partial charge in [-0.2, -0.15) is 0 Å². The Bertz CT molecular complexity index is 1290. The minimum Gasteiger partial charge on any atom is -0.478 e. The van der Waals surface area contributed by atoms with Crippen molar-refractivity contribution < 1.29 is 14.7 Å². The molecule has 0 bridgehead atoms. The highest BCUT2D eigenvalue weighted by atomic mass is 16.4. The molecule has 1 fully saturated rings. The number of benzene rings is 3. The molecule has 3 aromatic rings. The Morgan fingerprint density at radius 3 is 2.32 bits per heavy atom. The molecule has 0 radical (unpaired) electrons. The first kappa shape index (κ1) is 24.9. The van der Waals surface area contributed by atoms with Crippen molar-refractivity contribution in [2.75, 3.05) is 0 Å². The van der Waals surface area contributed by atoms with Gasteiger partial charge in [0.2, 0.25) is 0 Å². The summed E-state index contributed by atoms with van der Waals surface area (Å²) in [5.41, 5.74) is 3.59. The van der Waals surface area contributed by atoms with Crippen molar-refractivity contribution >= 4 is 17.7 Å². The molecule has 1 amide bonds. The summed E-state index contributed by atoms with van der Waals surface area (Å²) in [6, 6.07) is 25.5. The summed E-state index contributed by atoms with van der Waals surface area (Å²) in [6.45, 7) is 2.66. The molecule has 1 spiro atoms. The molecule has 5 rings (SSSR count). The van der Waals surface area contributed by atoms with Crippen LogP contribution in [0.25, 0.3) is 11.1 Å². The molecular weight excluding hydrogens is 460 g/mol. The Morgan fingerprint density at radius 1 is 0.973 bits per heavy atom. The van der Waals surface area contributed by atoms with Crippen molar-refractivity contribution in [3.05, 3.63) is 95.6 Å². The van der Waals surface area contributed by atoms with Gasteiger partial charge in [0.15, 0.2) is 0 Å². The zero-order valence-corrected chi connectivity index (χ0v) is 21.4. The van der Waals surface area contributed by atoms with Crippen LogP contribution in [0.5, 0.6) is 0 Å². The summed E-state index contributed by atoms with van der Waals surface area (Å²) in [6.07, 6.45) is 6.43. The van der Waals surface area contributed by atoms with Gasteiger partial charge in [-0.25, -0.2) is 4.79 Å². The third-order valence-electron chi connectivity index (χ3n) is 7.90. The number of carboxylic acid groups (broad SMARTS) is 1. The Kier molecular flexibility index (Phi) is 7.22. The molecule has 0 aromatic heterocycles. The Balaban J connectivity index is 1.34. The van der Waals surface area contributed by atoms with Crippen LogP contribution < -0.4 is 0 Å². The van der Waals surface area contributed by atoms with E-state index in [1.807, 2.05) is 47.4 Å². The van der Waals surface area contributed by atoms with Crippen molar-refractivity contribution in [1.82, 2.24) is 4.90 Å². The number of hydrogen-bond acceptors (Lipinski definition) is 3. The summed E-state index contributed by atoms with van der Waals surface area (Å²) in [5.74, 6) is 0.617. The normalized spacial score (nSPS) is 21.3. The molecule has 1 aliphatic carbocycles. The molecule has 1 N–H and O–H groups in total. The van der Waals surface area contributed by atoms with Gasteiger partial charge in [-0.05, 0) is 66.3 Å². The molecule has 190 valence electrons. The number of carboxylic acids is 1. The molecule has 1 saturated carbocycles. The highest BCUT2D eigenvalue weighted by molar-refractivity contribution is 6.08. The second-order valence-corrected chi connectivity index (χ2v) is 10.3. The van der Waals surface area contributed by atoms with Crippen LogP contribution in [0.15, 0.2) is 83.9 Å². The number of amides is 1. The molecule has 37 heavy (non-hydrogen) atoms. The molecular formula is C32H34N2O3. The number of nitrogens with zero attached hydrogens (tertiary/aromatic N) is 2. The van der Waals surface area contributed by atoms with E-state index in [-0.39, 0.29) is 11.5 Å². The number of carbonyl (C=O) groups is 2. The maximum absolute atomic E-state index is 13.9. The third-order valence-corrected chi connectivity index (χ3v) is 7.90. The first-order chi connectivity index (χ1) is 18.0. The second kappa shape index (κ2) is 10.7. The van der Waals surface area contributed by atoms with Crippen LogP contribution in [0, 0.1) is 0 Å². The van der Waals surface area contributed by atoms with Crippen LogP contribution in [-0.4, -0.2) is 33.3 Å². The smallest absolute Gasteiger partial charge is 0.336 e. The highest BCUT2D eigenvalue weighted by Crippen LogP contribution is 2.44. The predicted molar refractivity (Wildman–Crippen MR) is 147 cm³/mol. The largest absolute Gasteiger partial charge is 0.478 e. The van der Waals surface area contributed by atoms with Crippen molar-refractivity contribution in [1.29, 1.82) is 0 Å². The van der Waals surface area contributed by atoms with Gasteiger partial charge in [-0.3, -0.25) is 14.7 Å². The predicted octanol–water partition coefficient (Wildman–Crippen LogP) is 7.08. The van der Waals surface area contributed by atoms with E-state index in [0.29, 0.717) is 18.0 Å². The monoisotopic (exact) mass is 494 g/mol. The lowest BCUT2D eigenvalue weighted by Crippen LogP contribution is -2.44. The maximum Gasteiger partial charge on any atom is 0.336 e. The van der Waals surface area contributed by atoms with E-state index < -0.39 is 11.5 Å². The Labute approximate surface area is 218 Å². The molecule has 1 aliphatic heterocycles. The fourth-order valence-corrected chi connectivity index (χ4v) is 5.79. The van der Waals surface area contributed by atoms with Gasteiger partial charge in [0, 0.05) is 6.42 Å². The molecule has 1 heterocycles. The van der Waals surface area contributed by atoms with E-state index in [1.54, 1.807) is 12.1 Å². The number of carbonyl (C=O) groups excluding carboxylic acids is 1. The van der Waals surface area contributed by atoms with Gasteiger partial charge in [0.05, 0.1) is 12.1 Å². The minimum atomic E-state index is -0.939. The van der Waals surface area contributed by atoms with Crippen LogP contribution in [0.2, 0.25) is 0 Å². The number of unbranched alkanes of at least 4 members (excludes halogenated alkanes) is 1. The van der Waals surface area contributed by atoms with Crippen LogP contribution >= 0.6 is 0 Å². The summed E-state index contributed by atoms with van der Waals surface area (Å²) in [5, 5.41) is 9.55. The van der Waals surface area contributed by atoms with Gasteiger partial charge in [-0.15, -0.1) is 0 Å². The zero-order valence-electron chi connectivity index (χ0n) is 21.4. The minimum absolute atomic E-state index is 0.144. The SMILES string of the molecule is CCCCC1=NC2(CCC(c3ccccc3)CC2)C(=O)N1Cc1ccc(-c2ccccc2C(=O)O)cc1. The first-order valence-corrected chi connectivity index (χ1v) is 13.4. The van der Waals surface area contributed by atoms with Crippen molar-refractivity contribution in [2.24, 2.45) is 4.99 Å². The molecule has 3 aromatic carbocycles. The molecule has 5 heteroatoms. The lowest BCUT2D eigenvalue weighted by Gasteiger charge is -2.34. The number of aliphatic imine (C=N–C) groups is 1. The fourth-order valence-electron chi connectivity index (χ4n) is 5.79. The van der Waals surface area contributed by atoms with E-state index in [4.69, 9.17) is 4.99 Å². The van der Waals surface area contributed by atoms with E-state index in [1.165, 1.54) is 5.56 Å². The Hall–Kier alpha value is -3.73. The van der Waals surface area contributed by atoms with Gasteiger partial charge in [0.25, 0.3) is 5.91 Å². The number of amidine groups is 1. The number of aromatic carboxylic acids is 1. The van der Waals surface area contributed by atoms with Gasteiger partial charge < -0.3 is 5.11 Å². The molecule has 0 saturated heterocycles. The van der Waals surface area contributed by atoms with E-state index in [9.17, 15) is 14.7 Å². The average molecular weight is 495 g/mol. The average Bonchev–Trinajstić information content (AvgIpc) is 3.18. The van der Waals surface area contributed by atoms with E-state index in [0.717, 1.165) is 61.9 Å². The molecule has 0 unspecified atom stereocenters. The van der Waals surface area contributed by atoms with E-state index >= 15 is 0 Å². The van der Waals surface area contributed by atoms with E-state index in [2.05, 4.69) is 31.2 Å². The van der Waals surface area contributed by atoms with Crippen LogP contribution in [-0.2, 0) is 11.3 Å². The lowest BCUT2D eigenvalue weighted by molar-refractivity contribution is -0.132. The molecule has 5 nitrogen and oxygen atoms in total. The fraction of sp³-hybridized carbons (Fsp3) is 0.344. The van der Waals surface area contributed by atoms with Crippen molar-refractivity contribution in [3.8, 4) is 11.1 Å². The Morgan fingerprint density at radius 2 is 1.65 bits per heavy atom.